The van der Waals surface area contributed by atoms with E-state index < -0.39 is 8.32 Å². The third-order valence-electron chi connectivity index (χ3n) is 5.61. The first-order valence-corrected chi connectivity index (χ1v) is 12.4. The number of fused-ring (bicyclic) bond motifs is 1. The van der Waals surface area contributed by atoms with E-state index >= 15 is 0 Å². The molecule has 0 radical (unpaired) electrons. The average molecular weight is 416 g/mol. The van der Waals surface area contributed by atoms with Gasteiger partial charge >= 0.3 is 0 Å². The van der Waals surface area contributed by atoms with Gasteiger partial charge < -0.3 is 14.1 Å². The Kier molecular flexibility index (Phi) is 5.80. The van der Waals surface area contributed by atoms with E-state index in [1.807, 2.05) is 18.3 Å². The maximum absolute atomic E-state index is 6.87. The SMILES string of the molecule is CC(C)(C)[Si](OCCOc1ccc2[nH]ccc2c1)(c1ccccc1)c1ccccc1. The molecule has 0 saturated heterocycles. The highest BCUT2D eigenvalue weighted by atomic mass is 28.4. The van der Waals surface area contributed by atoms with Crippen molar-refractivity contribution in [1.82, 2.24) is 4.98 Å². The largest absolute Gasteiger partial charge is 0.491 e. The van der Waals surface area contributed by atoms with Crippen LogP contribution in [0.5, 0.6) is 5.75 Å². The van der Waals surface area contributed by atoms with Gasteiger partial charge in [0.25, 0.3) is 8.32 Å². The summed E-state index contributed by atoms with van der Waals surface area (Å²) < 4.78 is 12.9. The Morgan fingerprint density at radius 2 is 1.40 bits per heavy atom. The molecule has 0 bridgehead atoms. The summed E-state index contributed by atoms with van der Waals surface area (Å²) >= 11 is 0. The normalized spacial score (nSPS) is 12.2. The minimum atomic E-state index is -2.51. The first-order valence-electron chi connectivity index (χ1n) is 10.5. The van der Waals surface area contributed by atoms with E-state index in [0.29, 0.717) is 13.2 Å². The summed E-state index contributed by atoms with van der Waals surface area (Å²) in [6, 6.07) is 29.6. The molecule has 1 heterocycles. The van der Waals surface area contributed by atoms with Crippen LogP contribution in [0.15, 0.2) is 91.1 Å². The molecule has 1 aromatic heterocycles. The molecule has 0 amide bonds. The molecule has 0 fully saturated rings. The van der Waals surface area contributed by atoms with Crippen LogP contribution in [0.1, 0.15) is 20.8 Å². The molecule has 0 aliphatic heterocycles. The van der Waals surface area contributed by atoms with E-state index in [-0.39, 0.29) is 5.04 Å². The lowest BCUT2D eigenvalue weighted by Crippen LogP contribution is -2.66. The summed E-state index contributed by atoms with van der Waals surface area (Å²) in [7, 11) is -2.51. The lowest BCUT2D eigenvalue weighted by molar-refractivity contribution is 0.208. The molecule has 0 saturated carbocycles. The smallest absolute Gasteiger partial charge is 0.261 e. The average Bonchev–Trinajstić information content (AvgIpc) is 3.22. The van der Waals surface area contributed by atoms with Crippen LogP contribution in [0.25, 0.3) is 10.9 Å². The predicted molar refractivity (Wildman–Crippen MR) is 127 cm³/mol. The maximum Gasteiger partial charge on any atom is 0.261 e. The van der Waals surface area contributed by atoms with Gasteiger partial charge in [0.05, 0.1) is 6.61 Å². The minimum Gasteiger partial charge on any atom is -0.491 e. The van der Waals surface area contributed by atoms with E-state index in [1.54, 1.807) is 0 Å². The lowest BCUT2D eigenvalue weighted by Gasteiger charge is -2.43. The van der Waals surface area contributed by atoms with E-state index in [9.17, 15) is 0 Å². The minimum absolute atomic E-state index is 0.0280. The standard InChI is InChI=1S/C26H29NO2Si/c1-26(2,3)30(23-10-6-4-7-11-23,24-12-8-5-9-13-24)29-19-18-28-22-14-15-25-21(20-22)16-17-27-25/h4-17,20,27H,18-19H2,1-3H3. The Morgan fingerprint density at radius 1 is 0.767 bits per heavy atom. The van der Waals surface area contributed by atoms with E-state index in [0.717, 1.165) is 16.7 Å². The van der Waals surface area contributed by atoms with Crippen LogP contribution in [0.2, 0.25) is 5.04 Å². The molecular formula is C26H29NO2Si. The van der Waals surface area contributed by atoms with Gasteiger partial charge in [0.2, 0.25) is 0 Å². The van der Waals surface area contributed by atoms with E-state index in [1.165, 1.54) is 10.4 Å². The first-order chi connectivity index (χ1) is 14.5. The summed E-state index contributed by atoms with van der Waals surface area (Å²) in [4.78, 5) is 3.21. The molecule has 4 aromatic rings. The van der Waals surface area contributed by atoms with Crippen LogP contribution in [-0.2, 0) is 4.43 Å². The monoisotopic (exact) mass is 415 g/mol. The van der Waals surface area contributed by atoms with Crippen molar-refractivity contribution >= 4 is 29.6 Å². The van der Waals surface area contributed by atoms with Crippen LogP contribution in [0.3, 0.4) is 0 Å². The second kappa shape index (κ2) is 8.50. The number of H-pyrrole nitrogens is 1. The molecule has 0 aliphatic rings. The van der Waals surface area contributed by atoms with Crippen LogP contribution >= 0.6 is 0 Å². The molecule has 30 heavy (non-hydrogen) atoms. The Labute approximate surface area is 179 Å². The summed E-state index contributed by atoms with van der Waals surface area (Å²) in [5, 5.41) is 3.70. The summed E-state index contributed by atoms with van der Waals surface area (Å²) in [6.07, 6.45) is 1.95. The fraction of sp³-hybridized carbons (Fsp3) is 0.231. The van der Waals surface area contributed by atoms with Gasteiger partial charge in [-0.05, 0) is 39.7 Å². The second-order valence-corrected chi connectivity index (χ2v) is 12.9. The molecule has 4 rings (SSSR count). The molecule has 0 aliphatic carbocycles. The number of ether oxygens (including phenoxy) is 1. The van der Waals surface area contributed by atoms with Gasteiger partial charge in [-0.2, -0.15) is 0 Å². The molecule has 3 nitrogen and oxygen atoms in total. The van der Waals surface area contributed by atoms with Crippen LogP contribution in [0.4, 0.5) is 0 Å². The highest BCUT2D eigenvalue weighted by Gasteiger charge is 2.50. The van der Waals surface area contributed by atoms with Gasteiger partial charge in [-0.1, -0.05) is 81.4 Å². The van der Waals surface area contributed by atoms with Crippen molar-refractivity contribution in [2.24, 2.45) is 0 Å². The number of aromatic amines is 1. The zero-order valence-electron chi connectivity index (χ0n) is 17.9. The fourth-order valence-corrected chi connectivity index (χ4v) is 8.78. The van der Waals surface area contributed by atoms with Crippen LogP contribution in [0, 0.1) is 0 Å². The zero-order valence-corrected chi connectivity index (χ0v) is 18.9. The number of nitrogens with one attached hydrogen (secondary N) is 1. The summed E-state index contributed by atoms with van der Waals surface area (Å²) in [5.41, 5.74) is 1.12. The van der Waals surface area contributed by atoms with Crippen LogP contribution in [-0.4, -0.2) is 26.5 Å². The molecule has 4 heteroatoms. The lowest BCUT2D eigenvalue weighted by atomic mass is 10.2. The molecule has 0 atom stereocenters. The molecule has 1 N–H and O–H groups in total. The molecule has 154 valence electrons. The van der Waals surface area contributed by atoms with Crippen molar-refractivity contribution < 1.29 is 9.16 Å². The van der Waals surface area contributed by atoms with Crippen molar-refractivity contribution in [1.29, 1.82) is 0 Å². The Hall–Kier alpha value is -2.82. The van der Waals surface area contributed by atoms with Gasteiger partial charge in [0, 0.05) is 17.1 Å². The van der Waals surface area contributed by atoms with Gasteiger partial charge in [-0.25, -0.2) is 0 Å². The number of aromatic nitrogens is 1. The summed E-state index contributed by atoms with van der Waals surface area (Å²) in [6.45, 7) is 7.93. The van der Waals surface area contributed by atoms with Gasteiger partial charge in [-0.15, -0.1) is 0 Å². The number of hydrogen-bond acceptors (Lipinski definition) is 2. The predicted octanol–water partition coefficient (Wildman–Crippen LogP) is 5.12. The zero-order chi connectivity index (χ0) is 21.0. The van der Waals surface area contributed by atoms with Gasteiger partial charge in [-0.3, -0.25) is 0 Å². The molecule has 0 unspecified atom stereocenters. The number of rotatable bonds is 7. The van der Waals surface area contributed by atoms with Gasteiger partial charge in [0.1, 0.15) is 12.4 Å². The maximum atomic E-state index is 6.87. The van der Waals surface area contributed by atoms with Crippen molar-refractivity contribution in [2.75, 3.05) is 13.2 Å². The van der Waals surface area contributed by atoms with Gasteiger partial charge in [0.15, 0.2) is 0 Å². The molecule has 0 spiro atoms. The molecular weight excluding hydrogens is 386 g/mol. The van der Waals surface area contributed by atoms with Crippen molar-refractivity contribution in [3.8, 4) is 5.75 Å². The Bertz CT molecular complexity index is 1040. The Balaban J connectivity index is 1.58. The Morgan fingerprint density at radius 3 is 2.00 bits per heavy atom. The third-order valence-corrected chi connectivity index (χ3v) is 10.7. The first kappa shape index (κ1) is 20.4. The molecule has 3 aromatic carbocycles. The highest BCUT2D eigenvalue weighted by molar-refractivity contribution is 6.99. The summed E-state index contributed by atoms with van der Waals surface area (Å²) in [5.74, 6) is 0.869. The fourth-order valence-electron chi connectivity index (χ4n) is 4.24. The topological polar surface area (TPSA) is 34.2 Å². The highest BCUT2D eigenvalue weighted by Crippen LogP contribution is 2.36. The third kappa shape index (κ3) is 3.93. The van der Waals surface area contributed by atoms with Crippen molar-refractivity contribution in [2.45, 2.75) is 25.8 Å². The van der Waals surface area contributed by atoms with E-state index in [2.05, 4.69) is 98.6 Å². The van der Waals surface area contributed by atoms with Crippen molar-refractivity contribution in [3.05, 3.63) is 91.1 Å². The van der Waals surface area contributed by atoms with Crippen molar-refractivity contribution in [3.63, 3.8) is 0 Å². The van der Waals surface area contributed by atoms with Crippen LogP contribution < -0.4 is 15.1 Å². The quantitative estimate of drug-likeness (QED) is 0.336. The number of hydrogen-bond donors (Lipinski definition) is 1. The van der Waals surface area contributed by atoms with E-state index in [4.69, 9.17) is 9.16 Å². The number of benzene rings is 3. The second-order valence-electron chi connectivity index (χ2n) is 8.59.